The third kappa shape index (κ3) is 5.63. The van der Waals surface area contributed by atoms with Crippen LogP contribution in [0, 0.1) is 5.92 Å². The van der Waals surface area contributed by atoms with Crippen molar-refractivity contribution in [1.82, 2.24) is 4.90 Å². The van der Waals surface area contributed by atoms with Crippen LogP contribution >= 0.6 is 23.2 Å². The average molecular weight is 492 g/mol. The Balaban J connectivity index is 1.96. The van der Waals surface area contributed by atoms with Gasteiger partial charge in [-0.1, -0.05) is 56.1 Å². The maximum absolute atomic E-state index is 6.28. The lowest BCUT2D eigenvalue weighted by molar-refractivity contribution is 0.0205. The van der Waals surface area contributed by atoms with Gasteiger partial charge < -0.3 is 9.64 Å². The predicted molar refractivity (Wildman–Crippen MR) is 143 cm³/mol. The monoisotopic (exact) mass is 490 g/mol. The molecule has 0 aromatic heterocycles. The smallest absolute Gasteiger partial charge is 0.143 e. The van der Waals surface area contributed by atoms with E-state index in [9.17, 15) is 0 Å². The third-order valence-corrected chi connectivity index (χ3v) is 7.82. The molecule has 3 rings (SSSR count). The minimum absolute atomic E-state index is 0.0516. The molecule has 5 heteroatoms. The SMILES string of the molecule is CCCN(CCC)C1(c2ccc(Cl)cc2)CCC(N(CC)c2ccc(Cl)cc2OC)C(C)C1. The molecule has 1 saturated carbocycles. The second kappa shape index (κ2) is 11.8. The van der Waals surface area contributed by atoms with Crippen molar-refractivity contribution in [1.29, 1.82) is 0 Å². The van der Waals surface area contributed by atoms with E-state index >= 15 is 0 Å². The summed E-state index contributed by atoms with van der Waals surface area (Å²) in [4.78, 5) is 5.28. The molecule has 0 amide bonds. The number of benzene rings is 2. The maximum Gasteiger partial charge on any atom is 0.143 e. The van der Waals surface area contributed by atoms with E-state index in [1.165, 1.54) is 5.56 Å². The van der Waals surface area contributed by atoms with E-state index in [0.29, 0.717) is 17.0 Å². The highest BCUT2D eigenvalue weighted by atomic mass is 35.5. The molecule has 2 aromatic carbocycles. The molecule has 3 nitrogen and oxygen atoms in total. The summed E-state index contributed by atoms with van der Waals surface area (Å²) in [6, 6.07) is 15.1. The van der Waals surface area contributed by atoms with Crippen LogP contribution in [-0.2, 0) is 5.54 Å². The fourth-order valence-corrected chi connectivity index (χ4v) is 6.24. The van der Waals surface area contributed by atoms with E-state index in [2.05, 4.69) is 67.8 Å². The van der Waals surface area contributed by atoms with Gasteiger partial charge in [0.15, 0.2) is 0 Å². The van der Waals surface area contributed by atoms with E-state index in [4.69, 9.17) is 27.9 Å². The fourth-order valence-electron chi connectivity index (χ4n) is 5.95. The second-order valence-electron chi connectivity index (χ2n) is 9.42. The molecule has 0 aliphatic heterocycles. The minimum atomic E-state index is 0.0516. The van der Waals surface area contributed by atoms with Crippen molar-refractivity contribution in [2.24, 2.45) is 5.92 Å². The Morgan fingerprint density at radius 1 is 0.970 bits per heavy atom. The summed E-state index contributed by atoms with van der Waals surface area (Å²) in [6.07, 6.45) is 5.72. The zero-order valence-corrected chi connectivity index (χ0v) is 22.4. The lowest BCUT2D eigenvalue weighted by atomic mass is 9.68. The summed E-state index contributed by atoms with van der Waals surface area (Å²) in [5.41, 5.74) is 2.60. The zero-order chi connectivity index (χ0) is 24.0. The standard InChI is InChI=1S/C28H40Cl2N2O/c1-6-17-31(18-7-2)28(22-9-11-23(29)12-10-22)16-15-25(21(4)20-28)32(8-3)26-14-13-24(30)19-27(26)33-5/h9-14,19,21,25H,6-8,15-18,20H2,1-5H3. The van der Waals surface area contributed by atoms with Crippen LogP contribution in [0.2, 0.25) is 10.0 Å². The Hall–Kier alpha value is -1.42. The Morgan fingerprint density at radius 3 is 2.15 bits per heavy atom. The lowest BCUT2D eigenvalue weighted by Gasteiger charge is -2.53. The fraction of sp³-hybridized carbons (Fsp3) is 0.571. The molecule has 1 aliphatic carbocycles. The van der Waals surface area contributed by atoms with Gasteiger partial charge in [0.2, 0.25) is 0 Å². The molecule has 3 unspecified atom stereocenters. The number of nitrogens with zero attached hydrogens (tertiary/aromatic N) is 2. The van der Waals surface area contributed by atoms with Gasteiger partial charge in [-0.2, -0.15) is 0 Å². The first-order valence-corrected chi connectivity index (χ1v) is 13.3. The van der Waals surface area contributed by atoms with Crippen LogP contribution in [-0.4, -0.2) is 37.7 Å². The molecule has 0 bridgehead atoms. The van der Waals surface area contributed by atoms with Crippen LogP contribution in [0.4, 0.5) is 5.69 Å². The van der Waals surface area contributed by atoms with Gasteiger partial charge in [0.05, 0.1) is 12.8 Å². The largest absolute Gasteiger partial charge is 0.495 e. The first-order chi connectivity index (χ1) is 15.9. The summed E-state index contributed by atoms with van der Waals surface area (Å²) in [6.45, 7) is 12.4. The van der Waals surface area contributed by atoms with Crippen LogP contribution in [0.15, 0.2) is 42.5 Å². The molecular formula is C28H40Cl2N2O. The molecular weight excluding hydrogens is 451 g/mol. The molecule has 33 heavy (non-hydrogen) atoms. The number of halogens is 2. The van der Waals surface area contributed by atoms with Crippen LogP contribution in [0.1, 0.15) is 65.4 Å². The number of anilines is 1. The summed E-state index contributed by atoms with van der Waals surface area (Å²) in [7, 11) is 1.73. The first-order valence-electron chi connectivity index (χ1n) is 12.5. The molecule has 0 N–H and O–H groups in total. The summed E-state index contributed by atoms with van der Waals surface area (Å²) in [5.74, 6) is 1.37. The van der Waals surface area contributed by atoms with E-state index < -0.39 is 0 Å². The van der Waals surface area contributed by atoms with Gasteiger partial charge in [0.1, 0.15) is 5.75 Å². The van der Waals surface area contributed by atoms with E-state index in [1.54, 1.807) is 7.11 Å². The van der Waals surface area contributed by atoms with Crippen LogP contribution in [0.3, 0.4) is 0 Å². The van der Waals surface area contributed by atoms with Gasteiger partial charge in [-0.3, -0.25) is 4.90 Å². The summed E-state index contributed by atoms with van der Waals surface area (Å²) < 4.78 is 5.71. The van der Waals surface area contributed by atoms with Gasteiger partial charge in [-0.15, -0.1) is 0 Å². The highest BCUT2D eigenvalue weighted by Gasteiger charge is 2.45. The number of hydrogen-bond donors (Lipinski definition) is 0. The van der Waals surface area contributed by atoms with Crippen molar-refractivity contribution in [2.75, 3.05) is 31.6 Å². The predicted octanol–water partition coefficient (Wildman–Crippen LogP) is 8.03. The van der Waals surface area contributed by atoms with Crippen LogP contribution < -0.4 is 9.64 Å². The van der Waals surface area contributed by atoms with E-state index in [0.717, 1.165) is 68.2 Å². The van der Waals surface area contributed by atoms with Gasteiger partial charge in [0, 0.05) is 34.2 Å². The quantitative estimate of drug-likeness (QED) is 0.335. The molecule has 182 valence electrons. The highest BCUT2D eigenvalue weighted by molar-refractivity contribution is 6.31. The van der Waals surface area contributed by atoms with Gasteiger partial charge in [-0.25, -0.2) is 0 Å². The van der Waals surface area contributed by atoms with Gasteiger partial charge in [0.25, 0.3) is 0 Å². The van der Waals surface area contributed by atoms with E-state index in [-0.39, 0.29) is 5.54 Å². The molecule has 3 atom stereocenters. The normalized spacial score (nSPS) is 23.0. The summed E-state index contributed by atoms with van der Waals surface area (Å²) in [5, 5.41) is 1.51. The lowest BCUT2D eigenvalue weighted by Crippen LogP contribution is -2.55. The molecule has 0 radical (unpaired) electrons. The zero-order valence-electron chi connectivity index (χ0n) is 20.9. The van der Waals surface area contributed by atoms with Crippen molar-refractivity contribution >= 4 is 28.9 Å². The van der Waals surface area contributed by atoms with E-state index in [1.807, 2.05) is 12.1 Å². The van der Waals surface area contributed by atoms with Gasteiger partial charge >= 0.3 is 0 Å². The molecule has 1 fully saturated rings. The number of hydrogen-bond acceptors (Lipinski definition) is 3. The van der Waals surface area contributed by atoms with Crippen molar-refractivity contribution in [3.63, 3.8) is 0 Å². The average Bonchev–Trinajstić information content (AvgIpc) is 2.81. The second-order valence-corrected chi connectivity index (χ2v) is 10.3. The Bertz CT molecular complexity index is 882. The van der Waals surface area contributed by atoms with Crippen molar-refractivity contribution in [2.45, 2.75) is 71.4 Å². The number of ether oxygens (including phenoxy) is 1. The van der Waals surface area contributed by atoms with Crippen LogP contribution in [0.5, 0.6) is 5.75 Å². The van der Waals surface area contributed by atoms with Crippen LogP contribution in [0.25, 0.3) is 0 Å². The third-order valence-electron chi connectivity index (χ3n) is 7.34. The summed E-state index contributed by atoms with van der Waals surface area (Å²) >= 11 is 12.5. The molecule has 1 aliphatic rings. The molecule has 0 saturated heterocycles. The number of rotatable bonds is 10. The van der Waals surface area contributed by atoms with Crippen molar-refractivity contribution in [3.8, 4) is 5.75 Å². The van der Waals surface area contributed by atoms with Crippen molar-refractivity contribution < 1.29 is 4.74 Å². The highest BCUT2D eigenvalue weighted by Crippen LogP contribution is 2.47. The Labute approximate surface area is 211 Å². The maximum atomic E-state index is 6.28. The topological polar surface area (TPSA) is 15.7 Å². The Kier molecular flexibility index (Phi) is 9.38. The number of methoxy groups -OCH3 is 1. The van der Waals surface area contributed by atoms with Crippen molar-refractivity contribution in [3.05, 3.63) is 58.1 Å². The van der Waals surface area contributed by atoms with Gasteiger partial charge in [-0.05, 0) is 87.9 Å². The minimum Gasteiger partial charge on any atom is -0.495 e. The molecule has 0 spiro atoms. The molecule has 2 aromatic rings. The molecule has 0 heterocycles. The Morgan fingerprint density at radius 2 is 1.61 bits per heavy atom. The first kappa shape index (κ1) is 26.2.